The summed E-state index contributed by atoms with van der Waals surface area (Å²) in [6.45, 7) is 14.1. The number of amides is 1. The monoisotopic (exact) mass is 514 g/mol. The van der Waals surface area contributed by atoms with Gasteiger partial charge in [-0.3, -0.25) is 24.5 Å². The molecule has 0 saturated carbocycles. The fourth-order valence-corrected chi connectivity index (χ4v) is 4.97. The summed E-state index contributed by atoms with van der Waals surface area (Å²) < 4.78 is 27.3. The normalized spacial score (nSPS) is 14.9. The molecule has 2 rings (SSSR count). The number of carbonyl (C=O) groups excluding carboxylic acids is 1. The molecule has 0 radical (unpaired) electrons. The van der Waals surface area contributed by atoms with Crippen LogP contribution in [-0.2, 0) is 30.0 Å². The van der Waals surface area contributed by atoms with Gasteiger partial charge in [0.25, 0.3) is 14.1 Å². The Labute approximate surface area is 207 Å². The lowest BCUT2D eigenvalue weighted by atomic mass is 10.2. The zero-order valence-electron chi connectivity index (χ0n) is 22.1. The molecule has 2 heterocycles. The Morgan fingerprint density at radius 1 is 1.17 bits per heavy atom. The first-order valence-electron chi connectivity index (χ1n) is 11.7. The number of methoxy groups -OCH3 is 1. The van der Waals surface area contributed by atoms with Crippen LogP contribution in [0, 0.1) is 5.92 Å². The molecule has 2 aromatic heterocycles. The molecule has 0 fully saturated rings. The molecule has 35 heavy (non-hydrogen) atoms. The van der Waals surface area contributed by atoms with Crippen LogP contribution in [0.2, 0.25) is 0 Å². The number of nitrogens with zero attached hydrogens (tertiary/aromatic N) is 4. The maximum atomic E-state index is 12.4. The zero-order valence-corrected chi connectivity index (χ0v) is 23.0. The van der Waals surface area contributed by atoms with Crippen LogP contribution in [0.1, 0.15) is 48.5 Å². The highest BCUT2D eigenvalue weighted by atomic mass is 31.2. The molecule has 0 aliphatic carbocycles. The van der Waals surface area contributed by atoms with Crippen LogP contribution in [0.3, 0.4) is 0 Å². The predicted molar refractivity (Wildman–Crippen MR) is 135 cm³/mol. The summed E-state index contributed by atoms with van der Waals surface area (Å²) in [5, 5.41) is 2.61. The molecule has 0 aromatic carbocycles. The third-order valence-electron chi connectivity index (χ3n) is 5.20. The maximum Gasteiger partial charge on any atom is 0.280 e. The van der Waals surface area contributed by atoms with E-state index in [0.717, 1.165) is 0 Å². The lowest BCUT2D eigenvalue weighted by Crippen LogP contribution is -2.38. The Bertz CT molecular complexity index is 1000. The van der Waals surface area contributed by atoms with Crippen LogP contribution in [-0.4, -0.2) is 75.2 Å². The van der Waals surface area contributed by atoms with Gasteiger partial charge < -0.3 is 18.5 Å². The summed E-state index contributed by atoms with van der Waals surface area (Å²) in [6.07, 6.45) is 0.690. The number of hydrogen-bond acceptors (Lipinski definition) is 9. The van der Waals surface area contributed by atoms with E-state index in [9.17, 15) is 9.59 Å². The first kappa shape index (κ1) is 29.3. The molecule has 0 aliphatic rings. The molecule has 0 spiro atoms. The smallest absolute Gasteiger partial charge is 0.280 e. The lowest BCUT2D eigenvalue weighted by Gasteiger charge is -2.37. The summed E-state index contributed by atoms with van der Waals surface area (Å²) in [7, 11) is 1.90. The third kappa shape index (κ3) is 7.77. The predicted octanol–water partition coefficient (Wildman–Crippen LogP) is 3.10. The topological polar surface area (TPSA) is 133 Å². The number of nitrogens with one attached hydrogen (secondary N) is 2. The van der Waals surface area contributed by atoms with Crippen LogP contribution < -0.4 is 10.9 Å². The second-order valence-electron chi connectivity index (χ2n) is 9.03. The molecular formula is C22H39N6O6P. The Balaban J connectivity index is 2.18. The summed E-state index contributed by atoms with van der Waals surface area (Å²) >= 11 is 0. The van der Waals surface area contributed by atoms with Crippen molar-refractivity contribution in [3.8, 4) is 0 Å². The maximum absolute atomic E-state index is 12.4. The van der Waals surface area contributed by atoms with Gasteiger partial charge in [-0.1, -0.05) is 13.8 Å². The molecule has 0 saturated heterocycles. The molecule has 0 aliphatic heterocycles. The number of H-pyrrole nitrogens is 1. The number of fused-ring (bicyclic) bond motifs is 1. The van der Waals surface area contributed by atoms with Crippen molar-refractivity contribution in [2.45, 2.75) is 79.5 Å². The van der Waals surface area contributed by atoms with Crippen molar-refractivity contribution in [3.05, 3.63) is 16.7 Å². The minimum Gasteiger partial charge on any atom is -0.382 e. The third-order valence-corrected chi connectivity index (χ3v) is 7.26. The number of aromatic amines is 1. The highest BCUT2D eigenvalue weighted by Crippen LogP contribution is 2.46. The molecule has 1 unspecified atom stereocenters. The van der Waals surface area contributed by atoms with Gasteiger partial charge in [-0.25, -0.2) is 9.65 Å². The number of aromatic nitrogens is 4. The van der Waals surface area contributed by atoms with Crippen molar-refractivity contribution in [1.29, 1.82) is 0 Å². The Hall–Kier alpha value is -1.95. The van der Waals surface area contributed by atoms with E-state index in [1.165, 1.54) is 6.33 Å². The van der Waals surface area contributed by atoms with Crippen LogP contribution >= 0.6 is 8.53 Å². The van der Waals surface area contributed by atoms with Crippen molar-refractivity contribution in [1.82, 2.24) is 24.2 Å². The van der Waals surface area contributed by atoms with Gasteiger partial charge in [0.2, 0.25) is 11.9 Å². The molecule has 12 nitrogen and oxygen atoms in total. The average Bonchev–Trinajstić information content (AvgIpc) is 3.19. The first-order chi connectivity index (χ1) is 16.5. The minimum atomic E-state index is -1.33. The Morgan fingerprint density at radius 2 is 1.83 bits per heavy atom. The van der Waals surface area contributed by atoms with Crippen molar-refractivity contribution >= 4 is 31.5 Å². The van der Waals surface area contributed by atoms with Gasteiger partial charge in [0.15, 0.2) is 11.2 Å². The number of carbonyl (C=O) groups is 1. The summed E-state index contributed by atoms with van der Waals surface area (Å²) in [4.78, 5) is 35.5. The molecule has 1 amide bonds. The van der Waals surface area contributed by atoms with Crippen molar-refractivity contribution in [3.63, 3.8) is 0 Å². The Kier molecular flexibility index (Phi) is 11.2. The molecule has 3 atom stereocenters. The van der Waals surface area contributed by atoms with E-state index in [0.29, 0.717) is 12.3 Å². The van der Waals surface area contributed by atoms with Crippen LogP contribution in [0.5, 0.6) is 0 Å². The van der Waals surface area contributed by atoms with Crippen LogP contribution in [0.15, 0.2) is 11.1 Å². The van der Waals surface area contributed by atoms with E-state index >= 15 is 0 Å². The van der Waals surface area contributed by atoms with Gasteiger partial charge >= 0.3 is 0 Å². The number of anilines is 1. The van der Waals surface area contributed by atoms with E-state index in [1.54, 1.807) is 32.6 Å². The molecule has 2 N–H and O–H groups in total. The quantitative estimate of drug-likeness (QED) is 0.365. The van der Waals surface area contributed by atoms with E-state index in [4.69, 9.17) is 18.5 Å². The van der Waals surface area contributed by atoms with Crippen molar-refractivity contribution in [2.24, 2.45) is 5.92 Å². The molecular weight excluding hydrogens is 475 g/mol. The van der Waals surface area contributed by atoms with E-state index in [-0.39, 0.29) is 48.2 Å². The van der Waals surface area contributed by atoms with Crippen molar-refractivity contribution < 1.29 is 23.3 Å². The van der Waals surface area contributed by atoms with Gasteiger partial charge in [0.05, 0.1) is 19.0 Å². The number of imidazole rings is 1. The highest BCUT2D eigenvalue weighted by molar-refractivity contribution is 7.44. The lowest BCUT2D eigenvalue weighted by molar-refractivity contribution is -0.118. The summed E-state index contributed by atoms with van der Waals surface area (Å²) in [6, 6.07) is 0.458. The zero-order chi connectivity index (χ0) is 26.3. The largest absolute Gasteiger partial charge is 0.382 e. The molecule has 13 heteroatoms. The summed E-state index contributed by atoms with van der Waals surface area (Å²) in [5.41, 5.74) is 0.00435. The number of ether oxygens (including phenoxy) is 2. The van der Waals surface area contributed by atoms with E-state index in [1.807, 2.05) is 6.92 Å². The first-order valence-corrected chi connectivity index (χ1v) is 12.8. The van der Waals surface area contributed by atoms with Crippen LogP contribution in [0.25, 0.3) is 11.2 Å². The fraction of sp³-hybridized carbons (Fsp3) is 0.727. The van der Waals surface area contributed by atoms with Gasteiger partial charge in [0, 0.05) is 32.2 Å². The van der Waals surface area contributed by atoms with Gasteiger partial charge in [-0.05, 0) is 34.6 Å². The van der Waals surface area contributed by atoms with Gasteiger partial charge in [-0.2, -0.15) is 4.98 Å². The van der Waals surface area contributed by atoms with Gasteiger partial charge in [-0.15, -0.1) is 0 Å². The summed E-state index contributed by atoms with van der Waals surface area (Å²) in [5.74, 6) is -0.457. The highest BCUT2D eigenvalue weighted by Gasteiger charge is 2.31. The molecule has 2 aromatic rings. The van der Waals surface area contributed by atoms with Gasteiger partial charge in [0.1, 0.15) is 12.8 Å². The van der Waals surface area contributed by atoms with Crippen molar-refractivity contribution in [2.75, 3.05) is 26.1 Å². The number of hydrogen-bond donors (Lipinski definition) is 2. The second kappa shape index (κ2) is 13.4. The van der Waals surface area contributed by atoms with E-state index < -0.39 is 20.2 Å². The number of rotatable bonds is 14. The standard InChI is InChI=1S/C22H39N6O6P/c1-13(2)20(29)25-22-24-19-18(21(30)26-22)23-11-27(19)12-33-16(7)17(10-31-8)34-35(32-9)28(14(3)4)15(5)6/h11,13-17H,10,12H2,1-9H3,(H2,24,25,26,29,30)/t16-,17-,35?/m1/s1. The molecule has 198 valence electrons. The average molecular weight is 515 g/mol. The molecule has 0 bridgehead atoms. The Morgan fingerprint density at radius 3 is 2.37 bits per heavy atom. The van der Waals surface area contributed by atoms with Crippen LogP contribution in [0.4, 0.5) is 5.95 Å². The SMILES string of the molecule is COC[C@@H](OP(OC)N(C(C)C)C(C)C)[C@@H](C)OCn1cnc2c(=O)[nH]c(NC(=O)C(C)C)nc21. The minimum absolute atomic E-state index is 0.0600. The fourth-order valence-electron chi connectivity index (χ4n) is 3.37. The second-order valence-corrected chi connectivity index (χ2v) is 10.5. The van der Waals surface area contributed by atoms with E-state index in [2.05, 4.69) is 52.6 Å².